The lowest BCUT2D eigenvalue weighted by atomic mass is 10.0. The third-order valence-corrected chi connectivity index (χ3v) is 8.05. The number of benzene rings is 3. The molecule has 3 aromatic carbocycles. The number of fused-ring (bicyclic) bond motifs is 2. The summed E-state index contributed by atoms with van der Waals surface area (Å²) in [6, 6.07) is 20.8. The molecule has 1 saturated heterocycles. The fourth-order valence-electron chi connectivity index (χ4n) is 4.26. The van der Waals surface area contributed by atoms with Crippen molar-refractivity contribution in [3.05, 3.63) is 72.9 Å². The van der Waals surface area contributed by atoms with E-state index in [0.29, 0.717) is 26.3 Å². The van der Waals surface area contributed by atoms with E-state index in [1.807, 2.05) is 48.5 Å². The van der Waals surface area contributed by atoms with Crippen molar-refractivity contribution in [2.75, 3.05) is 31.6 Å². The van der Waals surface area contributed by atoms with Crippen molar-refractivity contribution in [1.29, 1.82) is 0 Å². The van der Waals surface area contributed by atoms with Gasteiger partial charge in [-0.15, -0.1) is 0 Å². The van der Waals surface area contributed by atoms with Crippen molar-refractivity contribution in [1.82, 2.24) is 24.7 Å². The van der Waals surface area contributed by atoms with Gasteiger partial charge in [0.05, 0.1) is 23.6 Å². The van der Waals surface area contributed by atoms with Crippen molar-refractivity contribution >= 4 is 43.3 Å². The zero-order valence-corrected chi connectivity index (χ0v) is 19.5. The Balaban J connectivity index is 1.32. The lowest BCUT2D eigenvalue weighted by Crippen LogP contribution is -2.40. The SMILES string of the molecule is O=S(=O)(c1ccc(-c2ccc3nccc(Nc4ccc5n[nH]nc5c4)c3c2)cc1)N1CCOCC1. The van der Waals surface area contributed by atoms with E-state index in [2.05, 4.69) is 31.8 Å². The van der Waals surface area contributed by atoms with Crippen LogP contribution in [0.1, 0.15) is 0 Å². The highest BCUT2D eigenvalue weighted by molar-refractivity contribution is 7.89. The summed E-state index contributed by atoms with van der Waals surface area (Å²) in [5.74, 6) is 0. The highest BCUT2D eigenvalue weighted by Crippen LogP contribution is 2.31. The summed E-state index contributed by atoms with van der Waals surface area (Å²) in [6.45, 7) is 1.60. The normalized spacial score (nSPS) is 15.0. The molecule has 10 heteroatoms. The van der Waals surface area contributed by atoms with Crippen LogP contribution in [0.5, 0.6) is 0 Å². The Labute approximate surface area is 201 Å². The van der Waals surface area contributed by atoms with Gasteiger partial charge in [-0.2, -0.15) is 19.7 Å². The summed E-state index contributed by atoms with van der Waals surface area (Å²) in [5, 5.41) is 15.3. The molecule has 6 rings (SSSR count). The summed E-state index contributed by atoms with van der Waals surface area (Å²) in [4.78, 5) is 4.78. The first-order valence-electron chi connectivity index (χ1n) is 11.2. The first-order chi connectivity index (χ1) is 17.1. The van der Waals surface area contributed by atoms with Crippen LogP contribution in [0.4, 0.5) is 11.4 Å². The van der Waals surface area contributed by atoms with Crippen LogP contribution in [0, 0.1) is 0 Å². The van der Waals surface area contributed by atoms with Crippen molar-refractivity contribution in [2.45, 2.75) is 4.90 Å². The molecular formula is C25H22N6O3S. The highest BCUT2D eigenvalue weighted by atomic mass is 32.2. The van der Waals surface area contributed by atoms with E-state index < -0.39 is 10.0 Å². The molecule has 2 N–H and O–H groups in total. The minimum Gasteiger partial charge on any atom is -0.379 e. The van der Waals surface area contributed by atoms with E-state index in [4.69, 9.17) is 4.74 Å². The number of nitrogens with zero attached hydrogens (tertiary/aromatic N) is 4. The first-order valence-corrected chi connectivity index (χ1v) is 12.7. The number of pyridine rings is 1. The van der Waals surface area contributed by atoms with Crippen LogP contribution in [0.2, 0.25) is 0 Å². The third-order valence-electron chi connectivity index (χ3n) is 6.13. The largest absolute Gasteiger partial charge is 0.379 e. The summed E-state index contributed by atoms with van der Waals surface area (Å²) < 4.78 is 32.6. The van der Waals surface area contributed by atoms with Crippen molar-refractivity contribution in [3.8, 4) is 11.1 Å². The Morgan fingerprint density at radius 2 is 1.57 bits per heavy atom. The second-order valence-electron chi connectivity index (χ2n) is 8.28. The number of hydrogen-bond acceptors (Lipinski definition) is 7. The van der Waals surface area contributed by atoms with Crippen LogP contribution in [-0.2, 0) is 14.8 Å². The molecule has 0 spiro atoms. The lowest BCUT2D eigenvalue weighted by Gasteiger charge is -2.26. The van der Waals surface area contributed by atoms with Gasteiger partial charge in [0.2, 0.25) is 10.0 Å². The molecule has 0 atom stereocenters. The Morgan fingerprint density at radius 1 is 0.829 bits per heavy atom. The molecule has 3 heterocycles. The van der Waals surface area contributed by atoms with Crippen LogP contribution in [0.15, 0.2) is 77.8 Å². The molecule has 0 amide bonds. The monoisotopic (exact) mass is 486 g/mol. The van der Waals surface area contributed by atoms with E-state index in [9.17, 15) is 8.42 Å². The Kier molecular flexibility index (Phi) is 5.40. The number of rotatable bonds is 5. The fraction of sp³-hybridized carbons (Fsp3) is 0.160. The lowest BCUT2D eigenvalue weighted by molar-refractivity contribution is 0.0730. The molecule has 0 saturated carbocycles. The second kappa shape index (κ2) is 8.73. The molecule has 1 aliphatic heterocycles. The van der Waals surface area contributed by atoms with E-state index in [-0.39, 0.29) is 4.90 Å². The van der Waals surface area contributed by atoms with Gasteiger partial charge >= 0.3 is 0 Å². The highest BCUT2D eigenvalue weighted by Gasteiger charge is 2.26. The molecule has 9 nitrogen and oxygen atoms in total. The molecule has 35 heavy (non-hydrogen) atoms. The molecule has 1 fully saturated rings. The van der Waals surface area contributed by atoms with Crippen molar-refractivity contribution in [2.24, 2.45) is 0 Å². The summed E-state index contributed by atoms with van der Waals surface area (Å²) in [7, 11) is -3.53. The second-order valence-corrected chi connectivity index (χ2v) is 10.2. The van der Waals surface area contributed by atoms with Gasteiger partial charge in [-0.25, -0.2) is 8.42 Å². The molecule has 5 aromatic rings. The minimum absolute atomic E-state index is 0.288. The molecular weight excluding hydrogens is 464 g/mol. The molecule has 0 aliphatic carbocycles. The minimum atomic E-state index is -3.53. The standard InChI is InChI=1S/C25H22N6O3S/c32-35(33,31-11-13-34-14-12-31)20-5-1-17(2-6-20)18-3-7-22-21(15-18)23(9-10-26-22)27-19-4-8-24-25(16-19)29-30-28-24/h1-10,15-16H,11-14H2,(H,26,27)(H,28,29,30). The molecule has 0 bridgehead atoms. The summed E-state index contributed by atoms with van der Waals surface area (Å²) in [5.41, 5.74) is 6.13. The van der Waals surface area contributed by atoms with Gasteiger partial charge in [0, 0.05) is 36.0 Å². The average Bonchev–Trinajstić information content (AvgIpc) is 3.37. The topological polar surface area (TPSA) is 113 Å². The number of H-pyrrole nitrogens is 1. The van der Waals surface area contributed by atoms with Crippen molar-refractivity contribution < 1.29 is 13.2 Å². The Bertz CT molecular complexity index is 1630. The van der Waals surface area contributed by atoms with Gasteiger partial charge in [-0.1, -0.05) is 18.2 Å². The maximum Gasteiger partial charge on any atom is 0.243 e. The molecule has 0 unspecified atom stereocenters. The fourth-order valence-corrected chi connectivity index (χ4v) is 5.67. The van der Waals surface area contributed by atoms with Gasteiger partial charge in [0.25, 0.3) is 0 Å². The number of aromatic amines is 1. The number of hydrogen-bond donors (Lipinski definition) is 2. The van der Waals surface area contributed by atoms with Gasteiger partial charge in [0.1, 0.15) is 11.0 Å². The number of aromatic nitrogens is 4. The Morgan fingerprint density at radius 3 is 2.40 bits per heavy atom. The van der Waals surface area contributed by atoms with E-state index in [1.165, 1.54) is 4.31 Å². The quantitative estimate of drug-likeness (QED) is 0.387. The zero-order chi connectivity index (χ0) is 23.8. The van der Waals surface area contributed by atoms with E-state index in [1.54, 1.807) is 18.3 Å². The number of sulfonamides is 1. The molecule has 0 radical (unpaired) electrons. The van der Waals surface area contributed by atoms with Crippen LogP contribution >= 0.6 is 0 Å². The number of nitrogens with one attached hydrogen (secondary N) is 2. The average molecular weight is 487 g/mol. The number of anilines is 2. The van der Waals surface area contributed by atoms with E-state index >= 15 is 0 Å². The number of ether oxygens (including phenoxy) is 1. The number of morpholine rings is 1. The van der Waals surface area contributed by atoms with Crippen molar-refractivity contribution in [3.63, 3.8) is 0 Å². The summed E-state index contributed by atoms with van der Waals surface area (Å²) in [6.07, 6.45) is 1.77. The van der Waals surface area contributed by atoms with Crippen LogP contribution in [0.25, 0.3) is 33.1 Å². The van der Waals surface area contributed by atoms with Crippen LogP contribution in [-0.4, -0.2) is 59.4 Å². The Hall–Kier alpha value is -3.86. The summed E-state index contributed by atoms with van der Waals surface area (Å²) >= 11 is 0. The molecule has 1 aliphatic rings. The zero-order valence-electron chi connectivity index (χ0n) is 18.7. The van der Waals surface area contributed by atoms with Gasteiger partial charge in [-0.05, 0) is 59.7 Å². The van der Waals surface area contributed by atoms with Crippen LogP contribution in [0.3, 0.4) is 0 Å². The first kappa shape index (κ1) is 21.7. The van der Waals surface area contributed by atoms with E-state index in [0.717, 1.165) is 44.4 Å². The maximum atomic E-state index is 12.9. The van der Waals surface area contributed by atoms with Crippen LogP contribution < -0.4 is 5.32 Å². The van der Waals surface area contributed by atoms with Gasteiger partial charge < -0.3 is 10.1 Å². The predicted octanol–water partition coefficient (Wildman–Crippen LogP) is 3.94. The molecule has 2 aromatic heterocycles. The maximum absolute atomic E-state index is 12.9. The smallest absolute Gasteiger partial charge is 0.243 e. The molecule has 176 valence electrons. The third kappa shape index (κ3) is 4.12. The van der Waals surface area contributed by atoms with Gasteiger partial charge in [0.15, 0.2) is 0 Å². The predicted molar refractivity (Wildman–Crippen MR) is 134 cm³/mol. The van der Waals surface area contributed by atoms with Gasteiger partial charge in [-0.3, -0.25) is 4.98 Å².